The highest BCUT2D eigenvalue weighted by Crippen LogP contribution is 2.23. The van der Waals surface area contributed by atoms with Crippen molar-refractivity contribution in [3.05, 3.63) is 24.0 Å². The molecule has 0 aliphatic heterocycles. The molecule has 5 heteroatoms. The van der Waals surface area contributed by atoms with Gasteiger partial charge in [0.05, 0.1) is 25.4 Å². The summed E-state index contributed by atoms with van der Waals surface area (Å²) in [6, 6.07) is 3.48. The molecule has 3 N–H and O–H groups in total. The van der Waals surface area contributed by atoms with Crippen LogP contribution in [0.5, 0.6) is 5.75 Å². The summed E-state index contributed by atoms with van der Waals surface area (Å²) in [5, 5.41) is 0. The van der Waals surface area contributed by atoms with Crippen LogP contribution in [0.2, 0.25) is 0 Å². The van der Waals surface area contributed by atoms with E-state index in [1.54, 1.807) is 13.3 Å². The molecule has 0 bridgehead atoms. The molecule has 96 valence electrons. The summed E-state index contributed by atoms with van der Waals surface area (Å²) in [7, 11) is 1.61. The second kappa shape index (κ2) is 5.95. The summed E-state index contributed by atoms with van der Waals surface area (Å²) < 4.78 is 10.9. The van der Waals surface area contributed by atoms with Crippen LogP contribution >= 0.6 is 0 Å². The number of aromatic nitrogens is 1. The monoisotopic (exact) mass is 239 g/mol. The van der Waals surface area contributed by atoms with Crippen molar-refractivity contribution in [3.63, 3.8) is 0 Å². The van der Waals surface area contributed by atoms with Gasteiger partial charge in [-0.15, -0.1) is 0 Å². The van der Waals surface area contributed by atoms with Gasteiger partial charge in [0.15, 0.2) is 0 Å². The van der Waals surface area contributed by atoms with Crippen LogP contribution in [-0.2, 0) is 4.74 Å². The Kier molecular flexibility index (Phi) is 4.86. The standard InChI is InChI=1S/C12H21N3O2/c1-12(2,3)17-8-9(15-13)11-10(16-4)6-5-7-14-11/h5-7,9,15H,8,13H2,1-4H3. The smallest absolute Gasteiger partial charge is 0.142 e. The molecule has 0 saturated heterocycles. The Morgan fingerprint density at radius 3 is 2.71 bits per heavy atom. The minimum atomic E-state index is -0.211. The first-order valence-corrected chi connectivity index (χ1v) is 5.57. The van der Waals surface area contributed by atoms with Crippen LogP contribution in [0.25, 0.3) is 0 Å². The predicted molar refractivity (Wildman–Crippen MR) is 66.6 cm³/mol. The molecule has 5 nitrogen and oxygen atoms in total. The van der Waals surface area contributed by atoms with E-state index in [4.69, 9.17) is 15.3 Å². The van der Waals surface area contributed by atoms with Crippen molar-refractivity contribution in [1.82, 2.24) is 10.4 Å². The molecule has 0 radical (unpaired) electrons. The molecule has 0 amide bonds. The van der Waals surface area contributed by atoms with E-state index >= 15 is 0 Å². The van der Waals surface area contributed by atoms with Gasteiger partial charge in [0.25, 0.3) is 0 Å². The van der Waals surface area contributed by atoms with Crippen molar-refractivity contribution >= 4 is 0 Å². The number of hydrogen-bond acceptors (Lipinski definition) is 5. The number of pyridine rings is 1. The lowest BCUT2D eigenvalue weighted by Gasteiger charge is -2.24. The van der Waals surface area contributed by atoms with E-state index in [1.165, 1.54) is 0 Å². The fraction of sp³-hybridized carbons (Fsp3) is 0.583. The summed E-state index contributed by atoms with van der Waals surface area (Å²) in [5.41, 5.74) is 3.24. The van der Waals surface area contributed by atoms with Gasteiger partial charge in [-0.1, -0.05) is 0 Å². The summed E-state index contributed by atoms with van der Waals surface area (Å²) in [6.07, 6.45) is 1.71. The van der Waals surface area contributed by atoms with Gasteiger partial charge >= 0.3 is 0 Å². The first-order chi connectivity index (χ1) is 7.98. The molecule has 1 unspecified atom stereocenters. The van der Waals surface area contributed by atoms with Gasteiger partial charge in [-0.3, -0.25) is 10.8 Å². The number of nitrogens with two attached hydrogens (primary N) is 1. The van der Waals surface area contributed by atoms with Crippen molar-refractivity contribution in [2.45, 2.75) is 32.4 Å². The quantitative estimate of drug-likeness (QED) is 0.600. The lowest BCUT2D eigenvalue weighted by atomic mass is 10.1. The molecule has 0 aliphatic carbocycles. The Morgan fingerprint density at radius 1 is 1.47 bits per heavy atom. The van der Waals surface area contributed by atoms with E-state index in [9.17, 15) is 0 Å². The zero-order valence-electron chi connectivity index (χ0n) is 10.9. The number of hydrogen-bond donors (Lipinski definition) is 2. The third-order valence-corrected chi connectivity index (χ3v) is 2.23. The summed E-state index contributed by atoms with van der Waals surface area (Å²) in [4.78, 5) is 4.27. The van der Waals surface area contributed by atoms with Crippen molar-refractivity contribution in [2.24, 2.45) is 5.84 Å². The Hall–Kier alpha value is -1.17. The molecule has 1 aromatic heterocycles. The summed E-state index contributed by atoms with van der Waals surface area (Å²) in [6.45, 7) is 6.43. The maximum atomic E-state index is 5.70. The Balaban J connectivity index is 2.79. The molecule has 0 spiro atoms. The lowest BCUT2D eigenvalue weighted by molar-refractivity contribution is -0.0155. The van der Waals surface area contributed by atoms with Crippen molar-refractivity contribution in [1.29, 1.82) is 0 Å². The summed E-state index contributed by atoms with van der Waals surface area (Å²) >= 11 is 0. The van der Waals surface area contributed by atoms with E-state index in [1.807, 2.05) is 32.9 Å². The molecule has 1 heterocycles. The largest absolute Gasteiger partial charge is 0.495 e. The van der Waals surface area contributed by atoms with Gasteiger partial charge < -0.3 is 9.47 Å². The highest BCUT2D eigenvalue weighted by Gasteiger charge is 2.19. The average Bonchev–Trinajstić information content (AvgIpc) is 2.29. The molecule has 17 heavy (non-hydrogen) atoms. The summed E-state index contributed by atoms with van der Waals surface area (Å²) in [5.74, 6) is 6.23. The molecule has 1 atom stereocenters. The Morgan fingerprint density at radius 2 is 2.18 bits per heavy atom. The van der Waals surface area contributed by atoms with Crippen LogP contribution in [0.4, 0.5) is 0 Å². The fourth-order valence-corrected chi connectivity index (χ4v) is 1.38. The minimum Gasteiger partial charge on any atom is -0.495 e. The fourth-order valence-electron chi connectivity index (χ4n) is 1.38. The van der Waals surface area contributed by atoms with Gasteiger partial charge in [0, 0.05) is 6.20 Å². The molecular weight excluding hydrogens is 218 g/mol. The molecule has 1 aromatic rings. The van der Waals surface area contributed by atoms with Crippen LogP contribution in [0.15, 0.2) is 18.3 Å². The van der Waals surface area contributed by atoms with Crippen LogP contribution in [-0.4, -0.2) is 24.3 Å². The van der Waals surface area contributed by atoms with Crippen molar-refractivity contribution in [2.75, 3.05) is 13.7 Å². The van der Waals surface area contributed by atoms with E-state index in [0.717, 1.165) is 5.69 Å². The van der Waals surface area contributed by atoms with Gasteiger partial charge in [-0.05, 0) is 32.9 Å². The van der Waals surface area contributed by atoms with Crippen LogP contribution in [0.3, 0.4) is 0 Å². The highest BCUT2D eigenvalue weighted by molar-refractivity contribution is 5.29. The van der Waals surface area contributed by atoms with Crippen molar-refractivity contribution in [3.8, 4) is 5.75 Å². The van der Waals surface area contributed by atoms with Crippen molar-refractivity contribution < 1.29 is 9.47 Å². The molecule has 0 aromatic carbocycles. The second-order valence-electron chi connectivity index (χ2n) is 4.73. The van der Waals surface area contributed by atoms with Crippen LogP contribution in [0.1, 0.15) is 32.5 Å². The number of nitrogens with one attached hydrogen (secondary N) is 1. The first kappa shape index (κ1) is 13.9. The van der Waals surface area contributed by atoms with Gasteiger partial charge in [-0.25, -0.2) is 5.43 Å². The predicted octanol–water partition coefficient (Wildman–Crippen LogP) is 1.41. The van der Waals surface area contributed by atoms with Gasteiger partial charge in [0.2, 0.25) is 0 Å². The van der Waals surface area contributed by atoms with Crippen LogP contribution in [0, 0.1) is 0 Å². The van der Waals surface area contributed by atoms with Gasteiger partial charge in [0.1, 0.15) is 11.4 Å². The molecule has 0 saturated carbocycles. The van der Waals surface area contributed by atoms with E-state index in [-0.39, 0.29) is 11.6 Å². The number of ether oxygens (including phenoxy) is 2. The Bertz CT molecular complexity index is 350. The highest BCUT2D eigenvalue weighted by atomic mass is 16.5. The van der Waals surface area contributed by atoms with E-state index in [0.29, 0.717) is 12.4 Å². The minimum absolute atomic E-state index is 0.189. The number of rotatable bonds is 5. The van der Waals surface area contributed by atoms with Crippen LogP contribution < -0.4 is 16.0 Å². The van der Waals surface area contributed by atoms with Gasteiger partial charge in [-0.2, -0.15) is 0 Å². The number of methoxy groups -OCH3 is 1. The topological polar surface area (TPSA) is 69.4 Å². The third kappa shape index (κ3) is 4.30. The lowest BCUT2D eigenvalue weighted by Crippen LogP contribution is -2.35. The zero-order valence-corrected chi connectivity index (χ0v) is 10.9. The maximum Gasteiger partial charge on any atom is 0.142 e. The SMILES string of the molecule is COc1cccnc1C(COC(C)(C)C)NN. The maximum absolute atomic E-state index is 5.70. The normalized spacial score (nSPS) is 13.5. The zero-order chi connectivity index (χ0) is 12.9. The first-order valence-electron chi connectivity index (χ1n) is 5.57. The second-order valence-corrected chi connectivity index (χ2v) is 4.73. The van der Waals surface area contributed by atoms with E-state index in [2.05, 4.69) is 10.4 Å². The third-order valence-electron chi connectivity index (χ3n) is 2.23. The van der Waals surface area contributed by atoms with E-state index < -0.39 is 0 Å². The number of nitrogens with zero attached hydrogens (tertiary/aromatic N) is 1. The average molecular weight is 239 g/mol. The molecular formula is C12H21N3O2. The molecule has 0 aliphatic rings. The molecule has 1 rings (SSSR count). The molecule has 0 fully saturated rings. The number of hydrazine groups is 1. The Labute approximate surface area is 102 Å².